The number of likely N-dealkylation sites (tertiary alicyclic amines) is 1. The van der Waals surface area contributed by atoms with E-state index in [1.807, 2.05) is 29.2 Å². The van der Waals surface area contributed by atoms with E-state index in [2.05, 4.69) is 0 Å². The van der Waals surface area contributed by atoms with Crippen molar-refractivity contribution in [2.75, 3.05) is 39.3 Å². The zero-order chi connectivity index (χ0) is 33.9. The molecule has 3 aromatic rings. The van der Waals surface area contributed by atoms with Crippen molar-refractivity contribution in [2.45, 2.75) is 68.0 Å². The van der Waals surface area contributed by atoms with E-state index in [1.54, 1.807) is 24.3 Å². The molecule has 2 aliphatic heterocycles. The van der Waals surface area contributed by atoms with Crippen LogP contribution in [-0.2, 0) is 21.4 Å². The number of hydrogen-bond donors (Lipinski definition) is 1. The van der Waals surface area contributed by atoms with Crippen LogP contribution in [0.1, 0.15) is 44.1 Å². The van der Waals surface area contributed by atoms with E-state index in [9.17, 15) is 26.4 Å². The Balaban J connectivity index is 1.18. The minimum Gasteiger partial charge on any atom is -0.493 e. The lowest BCUT2D eigenvalue weighted by Crippen LogP contribution is -2.64. The van der Waals surface area contributed by atoms with Crippen LogP contribution in [0.5, 0.6) is 5.75 Å². The molecule has 2 saturated heterocycles. The van der Waals surface area contributed by atoms with Crippen LogP contribution in [0.3, 0.4) is 0 Å². The highest BCUT2D eigenvalue weighted by Crippen LogP contribution is 2.31. The molecule has 6 rings (SSSR count). The SMILES string of the molecule is NC1CCN(C(=O)[C@@H]2CN(Cc3ccc(-c4ccc(F)cc4)cc3)CCN2S(=O)(=O)c2ccc(OCC3CCCCC3)cc2)CC1(F)F. The van der Waals surface area contributed by atoms with Gasteiger partial charge in [-0.15, -0.1) is 0 Å². The lowest BCUT2D eigenvalue weighted by Gasteiger charge is -2.43. The predicted molar refractivity (Wildman–Crippen MR) is 177 cm³/mol. The third-order valence-corrected chi connectivity index (χ3v) is 11.8. The summed E-state index contributed by atoms with van der Waals surface area (Å²) < 4.78 is 77.9. The van der Waals surface area contributed by atoms with Crippen LogP contribution in [0, 0.1) is 11.7 Å². The van der Waals surface area contributed by atoms with Crippen molar-refractivity contribution < 1.29 is 31.1 Å². The van der Waals surface area contributed by atoms with Gasteiger partial charge in [0.1, 0.15) is 17.6 Å². The second kappa shape index (κ2) is 14.6. The van der Waals surface area contributed by atoms with E-state index < -0.39 is 40.5 Å². The molecule has 1 amide bonds. The average Bonchev–Trinajstić information content (AvgIpc) is 3.09. The molecule has 0 bridgehead atoms. The standard InChI is InChI=1S/C36H43F3N4O4S/c37-30-12-10-29(11-13-30)28-8-6-26(7-9-28)22-41-20-21-43(33(23-41)35(44)42-19-18-34(40)36(38,39)25-42)48(45,46)32-16-14-31(15-17-32)47-24-27-4-2-1-3-5-27/h6-17,27,33-34H,1-5,18-25,40H2/t33-,34?/m0/s1. The number of ether oxygens (including phenoxy) is 1. The van der Waals surface area contributed by atoms with Crippen molar-refractivity contribution in [3.63, 3.8) is 0 Å². The molecule has 2 atom stereocenters. The number of amides is 1. The third-order valence-electron chi connectivity index (χ3n) is 9.84. The zero-order valence-electron chi connectivity index (χ0n) is 26.9. The molecule has 258 valence electrons. The maximum Gasteiger partial charge on any atom is 0.280 e. The average molecular weight is 685 g/mol. The molecule has 3 fully saturated rings. The summed E-state index contributed by atoms with van der Waals surface area (Å²) in [5, 5.41) is 0. The number of rotatable bonds is 9. The normalized spacial score (nSPS) is 22.8. The first-order valence-corrected chi connectivity index (χ1v) is 18.2. The molecule has 8 nitrogen and oxygen atoms in total. The number of nitrogens with zero attached hydrogens (tertiary/aromatic N) is 3. The number of carbonyl (C=O) groups excluding carboxylic acids is 1. The van der Waals surface area contributed by atoms with Gasteiger partial charge in [-0.3, -0.25) is 9.69 Å². The van der Waals surface area contributed by atoms with Gasteiger partial charge in [0.05, 0.1) is 24.1 Å². The predicted octanol–water partition coefficient (Wildman–Crippen LogP) is 5.52. The molecule has 48 heavy (non-hydrogen) atoms. The fraction of sp³-hybridized carbons (Fsp3) is 0.472. The summed E-state index contributed by atoms with van der Waals surface area (Å²) in [6.07, 6.45) is 5.83. The van der Waals surface area contributed by atoms with Crippen molar-refractivity contribution in [1.82, 2.24) is 14.1 Å². The Hall–Kier alpha value is -3.45. The molecular weight excluding hydrogens is 641 g/mol. The molecule has 1 saturated carbocycles. The second-order valence-electron chi connectivity index (χ2n) is 13.3. The molecule has 12 heteroatoms. The summed E-state index contributed by atoms with van der Waals surface area (Å²) in [6, 6.07) is 17.6. The number of nitrogens with two attached hydrogens (primary N) is 1. The van der Waals surface area contributed by atoms with Gasteiger partial charge in [-0.2, -0.15) is 4.31 Å². The Morgan fingerprint density at radius 3 is 2.15 bits per heavy atom. The van der Waals surface area contributed by atoms with Crippen LogP contribution in [0.4, 0.5) is 13.2 Å². The second-order valence-corrected chi connectivity index (χ2v) is 15.2. The molecule has 0 aromatic heterocycles. The van der Waals surface area contributed by atoms with E-state index in [-0.39, 0.29) is 36.8 Å². The Morgan fingerprint density at radius 2 is 1.50 bits per heavy atom. The van der Waals surface area contributed by atoms with Gasteiger partial charge in [0.15, 0.2) is 0 Å². The van der Waals surface area contributed by atoms with Crippen LogP contribution in [0.15, 0.2) is 77.7 Å². The fourth-order valence-electron chi connectivity index (χ4n) is 6.93. The zero-order valence-corrected chi connectivity index (χ0v) is 27.8. The van der Waals surface area contributed by atoms with Crippen LogP contribution in [-0.4, -0.2) is 85.8 Å². The van der Waals surface area contributed by atoms with Gasteiger partial charge in [0.25, 0.3) is 5.92 Å². The Kier molecular flexibility index (Phi) is 10.5. The number of piperazine rings is 1. The van der Waals surface area contributed by atoms with Crippen LogP contribution in [0.2, 0.25) is 0 Å². The van der Waals surface area contributed by atoms with Gasteiger partial charge in [-0.05, 0) is 78.3 Å². The van der Waals surface area contributed by atoms with Gasteiger partial charge >= 0.3 is 0 Å². The monoisotopic (exact) mass is 684 g/mol. The number of halogens is 3. The van der Waals surface area contributed by atoms with Crippen molar-refractivity contribution in [3.8, 4) is 16.9 Å². The van der Waals surface area contributed by atoms with Crippen molar-refractivity contribution in [1.29, 1.82) is 0 Å². The number of alkyl halides is 2. The Bertz CT molecular complexity index is 1650. The topological polar surface area (TPSA) is 96.2 Å². The molecule has 0 spiro atoms. The van der Waals surface area contributed by atoms with Gasteiger partial charge in [-0.25, -0.2) is 21.6 Å². The van der Waals surface area contributed by atoms with E-state index in [0.717, 1.165) is 38.7 Å². The molecule has 3 aliphatic rings. The van der Waals surface area contributed by atoms with E-state index >= 15 is 0 Å². The lowest BCUT2D eigenvalue weighted by molar-refractivity contribution is -0.149. The van der Waals surface area contributed by atoms with Crippen LogP contribution in [0.25, 0.3) is 11.1 Å². The molecule has 1 aliphatic carbocycles. The number of carbonyl (C=O) groups is 1. The molecule has 0 radical (unpaired) electrons. The third kappa shape index (κ3) is 7.88. The quantitative estimate of drug-likeness (QED) is 0.319. The summed E-state index contributed by atoms with van der Waals surface area (Å²) in [7, 11) is -4.16. The largest absolute Gasteiger partial charge is 0.493 e. The first kappa shape index (κ1) is 34.4. The van der Waals surface area contributed by atoms with E-state index in [0.29, 0.717) is 31.4 Å². The lowest BCUT2D eigenvalue weighted by atomic mass is 9.90. The van der Waals surface area contributed by atoms with E-state index in [4.69, 9.17) is 10.5 Å². The highest BCUT2D eigenvalue weighted by molar-refractivity contribution is 7.89. The van der Waals surface area contributed by atoms with Gasteiger partial charge in [-0.1, -0.05) is 55.7 Å². The molecule has 1 unspecified atom stereocenters. The summed E-state index contributed by atoms with van der Waals surface area (Å²) >= 11 is 0. The van der Waals surface area contributed by atoms with Gasteiger partial charge in [0, 0.05) is 32.7 Å². The van der Waals surface area contributed by atoms with Gasteiger partial charge in [0.2, 0.25) is 15.9 Å². The summed E-state index contributed by atoms with van der Waals surface area (Å²) in [5.74, 6) is -3.17. The highest BCUT2D eigenvalue weighted by Gasteiger charge is 2.48. The van der Waals surface area contributed by atoms with Gasteiger partial charge < -0.3 is 15.4 Å². The Morgan fingerprint density at radius 1 is 0.854 bits per heavy atom. The fourth-order valence-corrected chi connectivity index (χ4v) is 8.49. The van der Waals surface area contributed by atoms with Crippen LogP contribution < -0.4 is 10.5 Å². The number of piperidine rings is 1. The summed E-state index contributed by atoms with van der Waals surface area (Å²) in [6.45, 7) is 0.573. The van der Waals surface area contributed by atoms with Crippen molar-refractivity contribution in [2.24, 2.45) is 11.7 Å². The minimum atomic E-state index is -4.16. The molecular formula is C36H43F3N4O4S. The highest BCUT2D eigenvalue weighted by atomic mass is 32.2. The number of sulfonamides is 1. The maximum absolute atomic E-state index is 14.6. The van der Waals surface area contributed by atoms with Crippen molar-refractivity contribution in [3.05, 3.63) is 84.2 Å². The maximum atomic E-state index is 14.6. The first-order chi connectivity index (χ1) is 23.0. The Labute approximate surface area is 280 Å². The first-order valence-electron chi connectivity index (χ1n) is 16.7. The van der Waals surface area contributed by atoms with E-state index in [1.165, 1.54) is 43.5 Å². The summed E-state index contributed by atoms with van der Waals surface area (Å²) in [5.41, 5.74) is 8.35. The molecule has 2 heterocycles. The molecule has 3 aromatic carbocycles. The van der Waals surface area contributed by atoms with Crippen molar-refractivity contribution >= 4 is 15.9 Å². The number of hydrogen-bond acceptors (Lipinski definition) is 6. The number of benzene rings is 3. The molecule has 2 N–H and O–H groups in total. The minimum absolute atomic E-state index is 0.0100. The summed E-state index contributed by atoms with van der Waals surface area (Å²) in [4.78, 5) is 17.0. The van der Waals surface area contributed by atoms with Crippen LogP contribution >= 0.6 is 0 Å². The smallest absolute Gasteiger partial charge is 0.280 e.